The molecule has 4 aromatic rings. The molecule has 0 amide bonds. The van der Waals surface area contributed by atoms with Crippen molar-refractivity contribution in [2.24, 2.45) is 0 Å². The number of thiophene rings is 1. The Labute approximate surface area is 131 Å². The van der Waals surface area contributed by atoms with Gasteiger partial charge in [0.25, 0.3) is 0 Å². The lowest BCUT2D eigenvalue weighted by molar-refractivity contribution is 0.881. The Morgan fingerprint density at radius 2 is 1.50 bits per heavy atom. The van der Waals surface area contributed by atoms with Crippen LogP contribution in [0.4, 0.5) is 0 Å². The summed E-state index contributed by atoms with van der Waals surface area (Å²) in [7, 11) is 0. The van der Waals surface area contributed by atoms with E-state index in [0.717, 1.165) is 4.88 Å². The molecule has 0 saturated carbocycles. The van der Waals surface area contributed by atoms with Crippen LogP contribution in [0.25, 0.3) is 32.3 Å². The largest absolute Gasteiger partial charge is 0.238 e. The maximum atomic E-state index is 4.02. The molecule has 106 valence electrons. The Balaban J connectivity index is 1.92. The van der Waals surface area contributed by atoms with Gasteiger partial charge in [0.05, 0.1) is 4.88 Å². The van der Waals surface area contributed by atoms with Crippen molar-refractivity contribution in [1.29, 1.82) is 0 Å². The summed E-state index contributed by atoms with van der Waals surface area (Å²) in [6.45, 7) is 0. The molecule has 0 aliphatic rings. The molecule has 22 heavy (non-hydrogen) atoms. The molecule has 4 rings (SSSR count). The summed E-state index contributed by atoms with van der Waals surface area (Å²) < 4.78 is 0. The van der Waals surface area contributed by atoms with Crippen LogP contribution < -0.4 is 0 Å². The molecular formula is C17H12N4S. The maximum absolute atomic E-state index is 4.02. The van der Waals surface area contributed by atoms with E-state index in [1.807, 2.05) is 12.1 Å². The summed E-state index contributed by atoms with van der Waals surface area (Å²) in [4.78, 5) is 2.25. The predicted molar refractivity (Wildman–Crippen MR) is 88.4 cm³/mol. The molecule has 5 heteroatoms. The fourth-order valence-electron chi connectivity index (χ4n) is 2.41. The summed E-state index contributed by atoms with van der Waals surface area (Å²) in [5, 5.41) is 14.2. The van der Waals surface area contributed by atoms with Crippen molar-refractivity contribution in [3.8, 4) is 32.3 Å². The van der Waals surface area contributed by atoms with E-state index in [9.17, 15) is 0 Å². The third-order valence-electron chi connectivity index (χ3n) is 3.43. The van der Waals surface area contributed by atoms with Crippen LogP contribution in [0, 0.1) is 0 Å². The van der Waals surface area contributed by atoms with Crippen molar-refractivity contribution < 1.29 is 0 Å². The molecule has 2 aromatic carbocycles. The minimum absolute atomic E-state index is 0.698. The quantitative estimate of drug-likeness (QED) is 0.615. The number of H-pyrrole nitrogens is 1. The van der Waals surface area contributed by atoms with Gasteiger partial charge < -0.3 is 0 Å². The van der Waals surface area contributed by atoms with E-state index in [1.54, 1.807) is 11.3 Å². The molecule has 0 fully saturated rings. The highest BCUT2D eigenvalue weighted by Crippen LogP contribution is 2.42. The Morgan fingerprint density at radius 3 is 2.14 bits per heavy atom. The van der Waals surface area contributed by atoms with Gasteiger partial charge in [-0.15, -0.1) is 16.4 Å². The van der Waals surface area contributed by atoms with Gasteiger partial charge in [0.2, 0.25) is 0 Å². The van der Waals surface area contributed by atoms with Crippen molar-refractivity contribution in [2.75, 3.05) is 0 Å². The van der Waals surface area contributed by atoms with Gasteiger partial charge in [-0.25, -0.2) is 5.10 Å². The second-order valence-corrected chi connectivity index (χ2v) is 5.89. The molecule has 0 aliphatic heterocycles. The highest BCUT2D eigenvalue weighted by molar-refractivity contribution is 7.19. The number of benzene rings is 2. The number of hydrogen-bond acceptors (Lipinski definition) is 4. The number of hydrogen-bond donors (Lipinski definition) is 1. The van der Waals surface area contributed by atoms with Crippen molar-refractivity contribution in [3.63, 3.8) is 0 Å². The van der Waals surface area contributed by atoms with Crippen molar-refractivity contribution >= 4 is 11.3 Å². The lowest BCUT2D eigenvalue weighted by atomic mass is 10.0. The molecule has 0 spiro atoms. The zero-order valence-electron chi connectivity index (χ0n) is 11.6. The Morgan fingerprint density at radius 1 is 0.818 bits per heavy atom. The monoisotopic (exact) mass is 304 g/mol. The van der Waals surface area contributed by atoms with Crippen LogP contribution >= 0.6 is 11.3 Å². The van der Waals surface area contributed by atoms with Crippen molar-refractivity contribution in [2.45, 2.75) is 0 Å². The van der Waals surface area contributed by atoms with Gasteiger partial charge in [-0.1, -0.05) is 60.7 Å². The van der Waals surface area contributed by atoms with E-state index in [0.29, 0.717) is 5.82 Å². The smallest absolute Gasteiger partial charge is 0.189 e. The molecule has 0 atom stereocenters. The minimum atomic E-state index is 0.698. The van der Waals surface area contributed by atoms with Gasteiger partial charge in [-0.2, -0.15) is 0 Å². The van der Waals surface area contributed by atoms with Gasteiger partial charge in [-0.05, 0) is 27.6 Å². The molecule has 1 N–H and O–H groups in total. The second kappa shape index (κ2) is 5.54. The van der Waals surface area contributed by atoms with Gasteiger partial charge in [0.1, 0.15) is 0 Å². The van der Waals surface area contributed by atoms with Crippen LogP contribution in [0.1, 0.15) is 0 Å². The second-order valence-electron chi connectivity index (χ2n) is 4.84. The number of nitrogens with one attached hydrogen (secondary N) is 1. The van der Waals surface area contributed by atoms with Crippen LogP contribution in [0.2, 0.25) is 0 Å². The third kappa shape index (κ3) is 2.31. The Kier molecular flexibility index (Phi) is 3.25. The highest BCUT2D eigenvalue weighted by Gasteiger charge is 2.15. The molecule has 0 unspecified atom stereocenters. The average Bonchev–Trinajstić information content (AvgIpc) is 3.26. The minimum Gasteiger partial charge on any atom is -0.238 e. The molecule has 4 nitrogen and oxygen atoms in total. The van der Waals surface area contributed by atoms with E-state index in [4.69, 9.17) is 0 Å². The molecule has 0 aliphatic carbocycles. The zero-order valence-corrected chi connectivity index (χ0v) is 12.4. The van der Waals surface area contributed by atoms with Gasteiger partial charge >= 0.3 is 0 Å². The number of tetrazole rings is 1. The average molecular weight is 304 g/mol. The summed E-state index contributed by atoms with van der Waals surface area (Å²) in [6, 6.07) is 22.9. The lowest BCUT2D eigenvalue weighted by Crippen LogP contribution is -1.78. The first-order valence-electron chi connectivity index (χ1n) is 6.90. The van der Waals surface area contributed by atoms with E-state index >= 15 is 0 Å². The Hall–Kier alpha value is -2.79. The fourth-order valence-corrected chi connectivity index (χ4v) is 3.53. The van der Waals surface area contributed by atoms with E-state index in [1.165, 1.54) is 21.6 Å². The first-order chi connectivity index (χ1) is 10.9. The van der Waals surface area contributed by atoms with Gasteiger partial charge in [0.15, 0.2) is 5.82 Å². The first kappa shape index (κ1) is 12.9. The highest BCUT2D eigenvalue weighted by atomic mass is 32.1. The topological polar surface area (TPSA) is 54.5 Å². The summed E-state index contributed by atoms with van der Waals surface area (Å²) in [5.74, 6) is 0.698. The van der Waals surface area contributed by atoms with E-state index in [-0.39, 0.29) is 0 Å². The third-order valence-corrected chi connectivity index (χ3v) is 4.62. The maximum Gasteiger partial charge on any atom is 0.189 e. The standard InChI is InChI=1S/C17H12N4S/c1-3-7-12(8-4-1)14-11-15(17-18-20-21-19-17)22-16(14)13-9-5-2-6-10-13/h1-11H,(H,18,19,20,21). The van der Waals surface area contributed by atoms with Crippen LogP contribution in [-0.4, -0.2) is 20.6 Å². The number of rotatable bonds is 3. The van der Waals surface area contributed by atoms with Crippen LogP contribution in [0.5, 0.6) is 0 Å². The van der Waals surface area contributed by atoms with Crippen LogP contribution in [0.3, 0.4) is 0 Å². The molecular weight excluding hydrogens is 292 g/mol. The zero-order chi connectivity index (χ0) is 14.8. The molecule has 2 aromatic heterocycles. The van der Waals surface area contributed by atoms with Crippen molar-refractivity contribution in [3.05, 3.63) is 66.7 Å². The lowest BCUT2D eigenvalue weighted by Gasteiger charge is -2.03. The van der Waals surface area contributed by atoms with Crippen LogP contribution in [0.15, 0.2) is 66.7 Å². The summed E-state index contributed by atoms with van der Waals surface area (Å²) in [5.41, 5.74) is 3.59. The predicted octanol–water partition coefficient (Wildman–Crippen LogP) is 4.26. The molecule has 0 radical (unpaired) electrons. The number of aromatic nitrogens is 4. The SMILES string of the molecule is c1ccc(-c2cc(-c3nnn[nH]3)sc2-c2ccccc2)cc1. The molecule has 0 saturated heterocycles. The normalized spacial score (nSPS) is 10.7. The number of nitrogens with zero attached hydrogens (tertiary/aromatic N) is 3. The van der Waals surface area contributed by atoms with Crippen LogP contribution in [-0.2, 0) is 0 Å². The summed E-state index contributed by atoms with van der Waals surface area (Å²) in [6.07, 6.45) is 0. The fraction of sp³-hybridized carbons (Fsp3) is 0. The van der Waals surface area contributed by atoms with Crippen molar-refractivity contribution in [1.82, 2.24) is 20.6 Å². The van der Waals surface area contributed by atoms with Gasteiger partial charge in [-0.3, -0.25) is 0 Å². The summed E-state index contributed by atoms with van der Waals surface area (Å²) >= 11 is 1.69. The van der Waals surface area contributed by atoms with E-state index < -0.39 is 0 Å². The molecule has 2 heterocycles. The first-order valence-corrected chi connectivity index (χ1v) is 7.72. The Bertz CT molecular complexity index is 811. The van der Waals surface area contributed by atoms with Gasteiger partial charge in [0, 0.05) is 10.4 Å². The number of aromatic amines is 1. The van der Waals surface area contributed by atoms with E-state index in [2.05, 4.69) is 75.2 Å². The molecule has 0 bridgehead atoms.